The molecule has 0 unspecified atom stereocenters. The number of hydrogen-bond donors (Lipinski definition) is 1. The van der Waals surface area contributed by atoms with Gasteiger partial charge in [0, 0.05) is 23.3 Å². The zero-order valence-corrected chi connectivity index (χ0v) is 22.7. The van der Waals surface area contributed by atoms with Crippen LogP contribution in [-0.4, -0.2) is 24.5 Å². The predicted molar refractivity (Wildman–Crippen MR) is 156 cm³/mol. The van der Waals surface area contributed by atoms with Gasteiger partial charge in [-0.1, -0.05) is 71.5 Å². The molecule has 0 spiro atoms. The van der Waals surface area contributed by atoms with Crippen LogP contribution in [-0.2, 0) is 10.1 Å². The van der Waals surface area contributed by atoms with E-state index in [4.69, 9.17) is 9.17 Å². The summed E-state index contributed by atoms with van der Waals surface area (Å²) in [5, 5.41) is 15.9. The predicted octanol–water partition coefficient (Wildman–Crippen LogP) is 6.91. The van der Waals surface area contributed by atoms with E-state index in [-0.39, 0.29) is 16.3 Å². The monoisotopic (exact) mass is 570 g/mol. The molecule has 0 radical (unpaired) electrons. The zero-order valence-electron chi connectivity index (χ0n) is 21.1. The Hall–Kier alpha value is -4.87. The van der Waals surface area contributed by atoms with Crippen LogP contribution in [0.3, 0.4) is 0 Å². The standard InChI is InChI=1S/C29H22N4O5S2/c1-20-11-13-21(14-12-20)27-28(22-15-17-24(18-16-22)33(34)35)39-29(31-27)32-30-19-23-7-5-6-10-26(23)38-40(36,37)25-8-3-2-4-9-25/h2-19H,1H3,(H,31,32)/b30-19-. The average molecular weight is 571 g/mol. The molecule has 40 heavy (non-hydrogen) atoms. The molecule has 4 aromatic carbocycles. The number of anilines is 1. The Morgan fingerprint density at radius 2 is 1.55 bits per heavy atom. The molecule has 0 aliphatic carbocycles. The topological polar surface area (TPSA) is 124 Å². The van der Waals surface area contributed by atoms with Gasteiger partial charge in [-0.3, -0.25) is 15.5 Å². The molecule has 1 N–H and O–H groups in total. The third-order valence-corrected chi connectivity index (χ3v) is 8.06. The number of aromatic nitrogens is 1. The molecule has 0 aliphatic heterocycles. The van der Waals surface area contributed by atoms with E-state index in [9.17, 15) is 18.5 Å². The molecular weight excluding hydrogens is 548 g/mol. The molecule has 0 fully saturated rings. The van der Waals surface area contributed by atoms with Crippen LogP contribution in [0.1, 0.15) is 11.1 Å². The van der Waals surface area contributed by atoms with Gasteiger partial charge in [-0.05, 0) is 48.9 Å². The van der Waals surface area contributed by atoms with E-state index in [0.717, 1.165) is 21.6 Å². The molecule has 0 saturated carbocycles. The second-order valence-corrected chi connectivity index (χ2v) is 11.2. The Kier molecular flexibility index (Phi) is 7.67. The van der Waals surface area contributed by atoms with Crippen LogP contribution >= 0.6 is 11.3 Å². The maximum atomic E-state index is 12.7. The third-order valence-electron chi connectivity index (χ3n) is 5.81. The lowest BCUT2D eigenvalue weighted by Crippen LogP contribution is -2.10. The quantitative estimate of drug-likeness (QED) is 0.0884. The van der Waals surface area contributed by atoms with Gasteiger partial charge in [-0.2, -0.15) is 13.5 Å². The Labute approximate surface area is 234 Å². The van der Waals surface area contributed by atoms with Crippen molar-refractivity contribution in [1.29, 1.82) is 0 Å². The lowest BCUT2D eigenvalue weighted by Gasteiger charge is -2.09. The first kappa shape index (κ1) is 26.7. The van der Waals surface area contributed by atoms with Crippen LogP contribution < -0.4 is 9.61 Å². The largest absolute Gasteiger partial charge is 0.378 e. The van der Waals surface area contributed by atoms with Crippen LogP contribution in [0.25, 0.3) is 21.7 Å². The zero-order chi connectivity index (χ0) is 28.1. The van der Waals surface area contributed by atoms with Gasteiger partial charge in [0.15, 0.2) is 5.75 Å². The summed E-state index contributed by atoms with van der Waals surface area (Å²) in [5.41, 5.74) is 6.84. The minimum atomic E-state index is -4.02. The Balaban J connectivity index is 1.42. The van der Waals surface area contributed by atoms with E-state index in [1.54, 1.807) is 54.6 Å². The second-order valence-electron chi connectivity index (χ2n) is 8.63. The van der Waals surface area contributed by atoms with Crippen molar-refractivity contribution in [2.24, 2.45) is 5.10 Å². The van der Waals surface area contributed by atoms with Crippen molar-refractivity contribution in [2.75, 3.05) is 5.43 Å². The molecular formula is C29H22N4O5S2. The number of aryl methyl sites for hydroxylation is 1. The van der Waals surface area contributed by atoms with E-state index in [0.29, 0.717) is 16.4 Å². The molecule has 5 aromatic rings. The number of nitro benzene ring substituents is 1. The number of benzene rings is 4. The summed E-state index contributed by atoms with van der Waals surface area (Å²) in [4.78, 5) is 16.3. The Morgan fingerprint density at radius 3 is 2.25 bits per heavy atom. The van der Waals surface area contributed by atoms with E-state index >= 15 is 0 Å². The molecule has 9 nitrogen and oxygen atoms in total. The van der Waals surface area contributed by atoms with Crippen molar-refractivity contribution in [2.45, 2.75) is 11.8 Å². The van der Waals surface area contributed by atoms with Crippen LogP contribution in [0, 0.1) is 17.0 Å². The van der Waals surface area contributed by atoms with Crippen molar-refractivity contribution in [1.82, 2.24) is 4.98 Å². The molecule has 11 heteroatoms. The van der Waals surface area contributed by atoms with Gasteiger partial charge >= 0.3 is 10.1 Å². The molecule has 0 aliphatic rings. The Bertz CT molecular complexity index is 1780. The number of non-ortho nitro benzene ring substituents is 1. The summed E-state index contributed by atoms with van der Waals surface area (Å²) in [6, 6.07) is 28.7. The van der Waals surface area contributed by atoms with E-state index in [2.05, 4.69) is 10.5 Å². The molecule has 0 atom stereocenters. The summed E-state index contributed by atoms with van der Waals surface area (Å²) in [7, 11) is -4.02. The second kappa shape index (κ2) is 11.5. The molecule has 5 rings (SSSR count). The number of nitrogens with zero attached hydrogens (tertiary/aromatic N) is 3. The highest BCUT2D eigenvalue weighted by Crippen LogP contribution is 2.39. The SMILES string of the molecule is Cc1ccc(-c2nc(N/N=C\c3ccccc3OS(=O)(=O)c3ccccc3)sc2-c2ccc([N+](=O)[O-])cc2)cc1. The first-order valence-corrected chi connectivity index (χ1v) is 14.2. The first-order valence-electron chi connectivity index (χ1n) is 12.0. The van der Waals surface area contributed by atoms with Crippen LogP contribution in [0.15, 0.2) is 113 Å². The first-order chi connectivity index (χ1) is 19.3. The van der Waals surface area contributed by atoms with E-state index in [1.807, 2.05) is 31.2 Å². The summed E-state index contributed by atoms with van der Waals surface area (Å²) in [5.74, 6) is 0.128. The number of nitro groups is 1. The normalized spacial score (nSPS) is 11.4. The summed E-state index contributed by atoms with van der Waals surface area (Å²) >= 11 is 1.34. The summed E-state index contributed by atoms with van der Waals surface area (Å²) < 4.78 is 30.8. The molecule has 0 saturated heterocycles. The number of rotatable bonds is 9. The number of para-hydroxylation sites is 1. The summed E-state index contributed by atoms with van der Waals surface area (Å²) in [6.45, 7) is 2.00. The number of nitrogens with one attached hydrogen (secondary N) is 1. The molecule has 200 valence electrons. The fourth-order valence-electron chi connectivity index (χ4n) is 3.78. The maximum Gasteiger partial charge on any atom is 0.339 e. The van der Waals surface area contributed by atoms with Crippen molar-refractivity contribution >= 4 is 38.5 Å². The molecule has 1 heterocycles. The van der Waals surface area contributed by atoms with Crippen molar-refractivity contribution in [3.63, 3.8) is 0 Å². The van der Waals surface area contributed by atoms with Crippen molar-refractivity contribution in [3.05, 3.63) is 124 Å². The smallest absolute Gasteiger partial charge is 0.339 e. The molecule has 0 amide bonds. The van der Waals surface area contributed by atoms with E-state index < -0.39 is 15.0 Å². The molecule has 1 aromatic heterocycles. The number of thiazole rings is 1. The fraction of sp³-hybridized carbons (Fsp3) is 0.0345. The lowest BCUT2D eigenvalue weighted by molar-refractivity contribution is -0.384. The van der Waals surface area contributed by atoms with Gasteiger partial charge in [0.25, 0.3) is 5.69 Å². The third kappa shape index (κ3) is 6.06. The van der Waals surface area contributed by atoms with E-state index in [1.165, 1.54) is 41.8 Å². The number of hydrogen-bond acceptors (Lipinski definition) is 9. The Morgan fingerprint density at radius 1 is 0.900 bits per heavy atom. The van der Waals surface area contributed by atoms with Crippen molar-refractivity contribution in [3.8, 4) is 27.4 Å². The highest BCUT2D eigenvalue weighted by atomic mass is 32.2. The summed E-state index contributed by atoms with van der Waals surface area (Å²) in [6.07, 6.45) is 1.45. The highest BCUT2D eigenvalue weighted by Gasteiger charge is 2.18. The molecule has 0 bridgehead atoms. The van der Waals surface area contributed by atoms with Crippen LogP contribution in [0.4, 0.5) is 10.8 Å². The van der Waals surface area contributed by atoms with Gasteiger partial charge in [-0.25, -0.2) is 4.98 Å². The highest BCUT2D eigenvalue weighted by molar-refractivity contribution is 7.87. The van der Waals surface area contributed by atoms with Crippen molar-refractivity contribution < 1.29 is 17.5 Å². The van der Waals surface area contributed by atoms with Gasteiger partial charge in [0.2, 0.25) is 5.13 Å². The average Bonchev–Trinajstić information content (AvgIpc) is 3.39. The van der Waals surface area contributed by atoms with Gasteiger partial charge in [0.1, 0.15) is 4.90 Å². The van der Waals surface area contributed by atoms with Crippen LogP contribution in [0.5, 0.6) is 5.75 Å². The fourth-order valence-corrected chi connectivity index (χ4v) is 5.70. The lowest BCUT2D eigenvalue weighted by atomic mass is 10.1. The maximum absolute atomic E-state index is 12.7. The van der Waals surface area contributed by atoms with Gasteiger partial charge in [-0.15, -0.1) is 0 Å². The van der Waals surface area contributed by atoms with Crippen LogP contribution in [0.2, 0.25) is 0 Å². The minimum absolute atomic E-state index is 0.00302. The van der Waals surface area contributed by atoms with Gasteiger partial charge in [0.05, 0.1) is 21.7 Å². The minimum Gasteiger partial charge on any atom is -0.378 e. The van der Waals surface area contributed by atoms with Gasteiger partial charge < -0.3 is 4.18 Å². The number of hydrazone groups is 1.